The second-order valence-corrected chi connectivity index (χ2v) is 4.18. The van der Waals surface area contributed by atoms with Crippen molar-refractivity contribution in [3.05, 3.63) is 35.4 Å². The fourth-order valence-electron chi connectivity index (χ4n) is 1.79. The zero-order valence-corrected chi connectivity index (χ0v) is 9.46. The maximum Gasteiger partial charge on any atom is 0.254 e. The summed E-state index contributed by atoms with van der Waals surface area (Å²) >= 11 is 3.36. The molecule has 0 aliphatic carbocycles. The van der Waals surface area contributed by atoms with Gasteiger partial charge in [-0.3, -0.25) is 4.79 Å². The molecule has 1 aliphatic heterocycles. The molecule has 0 spiro atoms. The van der Waals surface area contributed by atoms with E-state index in [1.54, 1.807) is 0 Å². The molecular formula is C11H12BrNO. The van der Waals surface area contributed by atoms with Gasteiger partial charge in [-0.05, 0) is 18.1 Å². The zero-order chi connectivity index (χ0) is 9.97. The van der Waals surface area contributed by atoms with E-state index in [1.807, 2.05) is 29.2 Å². The van der Waals surface area contributed by atoms with Gasteiger partial charge >= 0.3 is 0 Å². The lowest BCUT2D eigenvalue weighted by molar-refractivity contribution is 0.0751. The Labute approximate surface area is 92.0 Å². The summed E-state index contributed by atoms with van der Waals surface area (Å²) in [6.07, 6.45) is 0.981. The highest BCUT2D eigenvalue weighted by Gasteiger charge is 2.22. The third kappa shape index (κ3) is 1.69. The molecule has 0 bridgehead atoms. The second kappa shape index (κ2) is 4.13. The number of halogens is 1. The van der Waals surface area contributed by atoms with E-state index in [9.17, 15) is 4.79 Å². The first-order valence-electron chi connectivity index (χ1n) is 4.76. The number of carbonyl (C=O) groups excluding carboxylic acids is 1. The van der Waals surface area contributed by atoms with Crippen molar-refractivity contribution in [2.75, 3.05) is 18.4 Å². The number of hydrogen-bond donors (Lipinski definition) is 0. The molecule has 74 valence electrons. The van der Waals surface area contributed by atoms with Crippen LogP contribution in [0.15, 0.2) is 24.3 Å². The van der Waals surface area contributed by atoms with Gasteiger partial charge in [0.25, 0.3) is 5.91 Å². The minimum atomic E-state index is 0.173. The first kappa shape index (κ1) is 9.71. The van der Waals surface area contributed by atoms with Crippen LogP contribution in [0.4, 0.5) is 0 Å². The van der Waals surface area contributed by atoms with E-state index in [2.05, 4.69) is 15.9 Å². The van der Waals surface area contributed by atoms with Crippen LogP contribution in [-0.2, 0) is 6.42 Å². The summed E-state index contributed by atoms with van der Waals surface area (Å²) < 4.78 is 0. The van der Waals surface area contributed by atoms with Gasteiger partial charge in [0, 0.05) is 24.0 Å². The third-order valence-corrected chi connectivity index (χ3v) is 2.90. The van der Waals surface area contributed by atoms with E-state index in [4.69, 9.17) is 0 Å². The van der Waals surface area contributed by atoms with Crippen LogP contribution in [0.1, 0.15) is 15.9 Å². The molecule has 0 fully saturated rings. The standard InChI is InChI=1S/C11H12BrNO/c12-6-8-13-7-5-9-3-1-2-4-10(9)11(13)14/h1-4H,5-8H2. The Kier molecular flexibility index (Phi) is 2.87. The van der Waals surface area contributed by atoms with Crippen molar-refractivity contribution >= 4 is 21.8 Å². The molecule has 0 unspecified atom stereocenters. The Balaban J connectivity index is 2.27. The quantitative estimate of drug-likeness (QED) is 0.740. The lowest BCUT2D eigenvalue weighted by Crippen LogP contribution is -2.38. The number of fused-ring (bicyclic) bond motifs is 1. The largest absolute Gasteiger partial charge is 0.337 e. The molecule has 0 atom stereocenters. The summed E-state index contributed by atoms with van der Waals surface area (Å²) in [4.78, 5) is 13.8. The predicted octanol–water partition coefficient (Wildman–Crippen LogP) is 2.08. The summed E-state index contributed by atoms with van der Waals surface area (Å²) in [6.45, 7) is 1.65. The van der Waals surface area contributed by atoms with Crippen LogP contribution in [0.25, 0.3) is 0 Å². The minimum Gasteiger partial charge on any atom is -0.337 e. The number of hydrogen-bond acceptors (Lipinski definition) is 1. The summed E-state index contributed by atoms with van der Waals surface area (Å²) in [5, 5.41) is 0.848. The normalized spacial score (nSPS) is 15.5. The van der Waals surface area contributed by atoms with Gasteiger partial charge in [0.1, 0.15) is 0 Å². The summed E-state index contributed by atoms with van der Waals surface area (Å²) in [5.41, 5.74) is 2.06. The zero-order valence-electron chi connectivity index (χ0n) is 7.87. The van der Waals surface area contributed by atoms with E-state index in [1.165, 1.54) is 5.56 Å². The monoisotopic (exact) mass is 253 g/mol. The van der Waals surface area contributed by atoms with Gasteiger partial charge in [-0.25, -0.2) is 0 Å². The molecule has 0 N–H and O–H groups in total. The summed E-state index contributed by atoms with van der Waals surface area (Å²) in [6, 6.07) is 7.87. The minimum absolute atomic E-state index is 0.173. The highest BCUT2D eigenvalue weighted by Crippen LogP contribution is 2.18. The van der Waals surface area contributed by atoms with Gasteiger partial charge < -0.3 is 4.90 Å². The molecular weight excluding hydrogens is 242 g/mol. The Morgan fingerprint density at radius 1 is 1.36 bits per heavy atom. The average molecular weight is 254 g/mol. The number of benzene rings is 1. The van der Waals surface area contributed by atoms with Gasteiger partial charge in [0.15, 0.2) is 0 Å². The van der Waals surface area contributed by atoms with Crippen LogP contribution < -0.4 is 0 Å². The molecule has 1 amide bonds. The van der Waals surface area contributed by atoms with Crippen molar-refractivity contribution < 1.29 is 4.79 Å². The van der Waals surface area contributed by atoms with E-state index >= 15 is 0 Å². The lowest BCUT2D eigenvalue weighted by Gasteiger charge is -2.27. The fourth-order valence-corrected chi connectivity index (χ4v) is 2.22. The fraction of sp³-hybridized carbons (Fsp3) is 0.364. The molecule has 14 heavy (non-hydrogen) atoms. The van der Waals surface area contributed by atoms with Crippen LogP contribution in [0, 0.1) is 0 Å². The molecule has 1 heterocycles. The molecule has 3 heteroatoms. The maximum absolute atomic E-state index is 11.9. The van der Waals surface area contributed by atoms with Crippen LogP contribution in [0.2, 0.25) is 0 Å². The number of alkyl halides is 1. The Bertz CT molecular complexity index is 351. The molecule has 0 saturated carbocycles. The van der Waals surface area contributed by atoms with Crippen LogP contribution >= 0.6 is 15.9 Å². The van der Waals surface area contributed by atoms with Crippen molar-refractivity contribution in [1.29, 1.82) is 0 Å². The van der Waals surface area contributed by atoms with E-state index in [-0.39, 0.29) is 5.91 Å². The summed E-state index contributed by atoms with van der Waals surface area (Å²) in [7, 11) is 0. The van der Waals surface area contributed by atoms with Crippen molar-refractivity contribution in [2.24, 2.45) is 0 Å². The van der Waals surface area contributed by atoms with Crippen molar-refractivity contribution in [1.82, 2.24) is 4.90 Å². The van der Waals surface area contributed by atoms with Gasteiger partial charge in [-0.1, -0.05) is 34.1 Å². The molecule has 0 aromatic heterocycles. The SMILES string of the molecule is O=C1c2ccccc2CCN1CCBr. The Hall–Kier alpha value is -0.830. The molecule has 1 aromatic rings. The predicted molar refractivity (Wildman–Crippen MR) is 59.8 cm³/mol. The summed E-state index contributed by atoms with van der Waals surface area (Å²) in [5.74, 6) is 0.173. The first-order valence-corrected chi connectivity index (χ1v) is 5.88. The highest BCUT2D eigenvalue weighted by atomic mass is 79.9. The van der Waals surface area contributed by atoms with Gasteiger partial charge in [0.05, 0.1) is 0 Å². The van der Waals surface area contributed by atoms with Gasteiger partial charge in [0.2, 0.25) is 0 Å². The first-order chi connectivity index (χ1) is 6.83. The smallest absolute Gasteiger partial charge is 0.254 e. The van der Waals surface area contributed by atoms with Crippen LogP contribution in [-0.4, -0.2) is 29.2 Å². The molecule has 1 aromatic carbocycles. The molecule has 1 aliphatic rings. The van der Waals surface area contributed by atoms with Gasteiger partial charge in [-0.15, -0.1) is 0 Å². The van der Waals surface area contributed by atoms with Crippen molar-refractivity contribution in [2.45, 2.75) is 6.42 Å². The van der Waals surface area contributed by atoms with Crippen LogP contribution in [0.3, 0.4) is 0 Å². The molecule has 0 radical (unpaired) electrons. The Morgan fingerprint density at radius 2 is 2.14 bits per heavy atom. The number of amides is 1. The maximum atomic E-state index is 11.9. The third-order valence-electron chi connectivity index (χ3n) is 2.54. The van der Waals surface area contributed by atoms with Crippen molar-refractivity contribution in [3.8, 4) is 0 Å². The van der Waals surface area contributed by atoms with Crippen LogP contribution in [0.5, 0.6) is 0 Å². The second-order valence-electron chi connectivity index (χ2n) is 3.39. The van der Waals surface area contributed by atoms with E-state index in [0.29, 0.717) is 0 Å². The van der Waals surface area contributed by atoms with Gasteiger partial charge in [-0.2, -0.15) is 0 Å². The average Bonchev–Trinajstić information content (AvgIpc) is 2.23. The Morgan fingerprint density at radius 3 is 2.93 bits per heavy atom. The molecule has 0 saturated heterocycles. The number of carbonyl (C=O) groups is 1. The highest BCUT2D eigenvalue weighted by molar-refractivity contribution is 9.09. The number of rotatable bonds is 2. The number of nitrogens with zero attached hydrogens (tertiary/aromatic N) is 1. The molecule has 2 nitrogen and oxygen atoms in total. The molecule has 2 rings (SSSR count). The van der Waals surface area contributed by atoms with E-state index in [0.717, 1.165) is 30.4 Å². The lowest BCUT2D eigenvalue weighted by atomic mass is 9.99. The topological polar surface area (TPSA) is 20.3 Å². The van der Waals surface area contributed by atoms with E-state index < -0.39 is 0 Å². The van der Waals surface area contributed by atoms with Crippen molar-refractivity contribution in [3.63, 3.8) is 0 Å².